The average molecular weight is 288 g/mol. The van der Waals surface area contributed by atoms with E-state index in [0.29, 0.717) is 18.4 Å². The number of carbonyl (C=O) groups excluding carboxylic acids is 1. The van der Waals surface area contributed by atoms with Crippen LogP contribution in [0, 0.1) is 5.92 Å². The van der Waals surface area contributed by atoms with E-state index in [1.165, 1.54) is 5.56 Å². The van der Waals surface area contributed by atoms with Crippen LogP contribution in [-0.4, -0.2) is 49.5 Å². The molecule has 2 N–H and O–H groups in total. The van der Waals surface area contributed by atoms with Crippen molar-refractivity contribution in [3.8, 4) is 0 Å². The molecule has 0 radical (unpaired) electrons. The summed E-state index contributed by atoms with van der Waals surface area (Å²) in [5.74, 6) is 0.780. The molecule has 114 valence electrons. The second-order valence-corrected chi connectivity index (χ2v) is 6.17. The zero-order valence-corrected chi connectivity index (χ0v) is 12.8. The van der Waals surface area contributed by atoms with Gasteiger partial charge in [-0.1, -0.05) is 12.1 Å². The maximum Gasteiger partial charge on any atom is 0.242 e. The van der Waals surface area contributed by atoms with Crippen LogP contribution in [0.2, 0.25) is 0 Å². The van der Waals surface area contributed by atoms with Gasteiger partial charge in [-0.25, -0.2) is 0 Å². The van der Waals surface area contributed by atoms with Crippen molar-refractivity contribution in [2.45, 2.75) is 18.9 Å². The first-order valence-corrected chi connectivity index (χ1v) is 7.64. The number of nitrogens with two attached hydrogens (primary N) is 1. The summed E-state index contributed by atoms with van der Waals surface area (Å²) in [5.41, 5.74) is 8.23. The van der Waals surface area contributed by atoms with Crippen LogP contribution in [0.5, 0.6) is 0 Å². The largest absolute Gasteiger partial charge is 0.330 e. The standard InChI is InChI=1S/C16H24N4O/c1-18-11-12(10-17)9-15(18)13-3-5-14(6-4-13)20-8-7-16(21)19(20)2/h3-6,12,15H,7-11,17H2,1-2H3. The predicted octanol–water partition coefficient (Wildman–Crippen LogP) is 1.22. The van der Waals surface area contributed by atoms with Crippen molar-refractivity contribution in [3.63, 3.8) is 0 Å². The van der Waals surface area contributed by atoms with Crippen LogP contribution < -0.4 is 10.7 Å². The van der Waals surface area contributed by atoms with Crippen molar-refractivity contribution >= 4 is 11.6 Å². The van der Waals surface area contributed by atoms with E-state index < -0.39 is 0 Å². The Morgan fingerprint density at radius 3 is 2.48 bits per heavy atom. The lowest BCUT2D eigenvalue weighted by Gasteiger charge is -2.27. The van der Waals surface area contributed by atoms with Crippen molar-refractivity contribution in [2.75, 3.05) is 38.7 Å². The summed E-state index contributed by atoms with van der Waals surface area (Å²) < 4.78 is 0. The van der Waals surface area contributed by atoms with Gasteiger partial charge in [0.2, 0.25) is 5.91 Å². The number of nitrogens with zero attached hydrogens (tertiary/aromatic N) is 3. The molecule has 2 saturated heterocycles. The molecule has 2 aliphatic heterocycles. The maximum absolute atomic E-state index is 11.6. The normalized spacial score (nSPS) is 26.9. The third kappa shape index (κ3) is 2.63. The highest BCUT2D eigenvalue weighted by Crippen LogP contribution is 2.34. The van der Waals surface area contributed by atoms with Crippen molar-refractivity contribution in [3.05, 3.63) is 29.8 Å². The summed E-state index contributed by atoms with van der Waals surface area (Å²) in [6.45, 7) is 2.61. The van der Waals surface area contributed by atoms with Gasteiger partial charge in [0.15, 0.2) is 0 Å². The molecule has 5 nitrogen and oxygen atoms in total. The van der Waals surface area contributed by atoms with Gasteiger partial charge in [0, 0.05) is 32.6 Å². The van der Waals surface area contributed by atoms with E-state index >= 15 is 0 Å². The van der Waals surface area contributed by atoms with Crippen LogP contribution in [-0.2, 0) is 4.79 Å². The van der Waals surface area contributed by atoms with Gasteiger partial charge in [-0.3, -0.25) is 19.7 Å². The van der Waals surface area contributed by atoms with E-state index in [-0.39, 0.29) is 5.91 Å². The molecule has 2 heterocycles. The lowest BCUT2D eigenvalue weighted by atomic mass is 10.00. The van der Waals surface area contributed by atoms with Gasteiger partial charge in [-0.2, -0.15) is 0 Å². The first-order valence-electron chi connectivity index (χ1n) is 7.64. The zero-order valence-electron chi connectivity index (χ0n) is 12.8. The first kappa shape index (κ1) is 14.4. The van der Waals surface area contributed by atoms with Crippen LogP contribution in [0.4, 0.5) is 5.69 Å². The molecule has 0 bridgehead atoms. The molecule has 21 heavy (non-hydrogen) atoms. The molecular weight excluding hydrogens is 264 g/mol. The van der Waals surface area contributed by atoms with Crippen molar-refractivity contribution in [1.29, 1.82) is 0 Å². The van der Waals surface area contributed by atoms with Gasteiger partial charge in [0.25, 0.3) is 0 Å². The topological polar surface area (TPSA) is 52.8 Å². The second-order valence-electron chi connectivity index (χ2n) is 6.17. The van der Waals surface area contributed by atoms with Gasteiger partial charge in [-0.15, -0.1) is 0 Å². The maximum atomic E-state index is 11.6. The molecule has 2 aliphatic rings. The van der Waals surface area contributed by atoms with E-state index in [4.69, 9.17) is 5.73 Å². The Labute approximate surface area is 126 Å². The van der Waals surface area contributed by atoms with E-state index in [0.717, 1.165) is 31.7 Å². The highest BCUT2D eigenvalue weighted by Gasteiger charge is 2.30. The summed E-state index contributed by atoms with van der Waals surface area (Å²) >= 11 is 0. The Balaban J connectivity index is 1.74. The summed E-state index contributed by atoms with van der Waals surface area (Å²) in [4.78, 5) is 14.0. The quantitative estimate of drug-likeness (QED) is 0.909. The third-order valence-electron chi connectivity index (χ3n) is 4.80. The Hall–Kier alpha value is -1.59. The fourth-order valence-corrected chi connectivity index (χ4v) is 3.48. The highest BCUT2D eigenvalue weighted by molar-refractivity contribution is 5.81. The minimum absolute atomic E-state index is 0.181. The van der Waals surface area contributed by atoms with Crippen molar-refractivity contribution < 1.29 is 4.79 Å². The minimum atomic E-state index is 0.181. The molecule has 2 unspecified atom stereocenters. The Kier molecular flexibility index (Phi) is 3.87. The number of hydrogen-bond acceptors (Lipinski definition) is 4. The Bertz CT molecular complexity index is 516. The van der Waals surface area contributed by atoms with Gasteiger partial charge >= 0.3 is 0 Å². The SMILES string of the molecule is CN1CC(CN)CC1c1ccc(N2CCC(=O)N2C)cc1. The number of anilines is 1. The average Bonchev–Trinajstić information content (AvgIpc) is 3.03. The number of rotatable bonds is 3. The number of likely N-dealkylation sites (tertiary alicyclic amines) is 1. The third-order valence-corrected chi connectivity index (χ3v) is 4.80. The number of carbonyl (C=O) groups is 1. The summed E-state index contributed by atoms with van der Waals surface area (Å²) in [6, 6.07) is 9.07. The summed E-state index contributed by atoms with van der Waals surface area (Å²) in [6.07, 6.45) is 1.73. The van der Waals surface area contributed by atoms with Crippen molar-refractivity contribution in [1.82, 2.24) is 9.91 Å². The highest BCUT2D eigenvalue weighted by atomic mass is 16.2. The molecule has 0 aliphatic carbocycles. The molecule has 3 rings (SSSR count). The lowest BCUT2D eigenvalue weighted by molar-refractivity contribution is -0.126. The zero-order chi connectivity index (χ0) is 15.0. The lowest BCUT2D eigenvalue weighted by Crippen LogP contribution is -2.35. The second kappa shape index (κ2) is 5.66. The first-order chi connectivity index (χ1) is 10.1. The number of hydrogen-bond donors (Lipinski definition) is 1. The fraction of sp³-hybridized carbons (Fsp3) is 0.562. The molecule has 0 aromatic heterocycles. The monoisotopic (exact) mass is 288 g/mol. The van der Waals surface area contributed by atoms with Gasteiger partial charge in [0.05, 0.1) is 5.69 Å². The summed E-state index contributed by atoms with van der Waals surface area (Å²) in [7, 11) is 4.00. The number of hydrazine groups is 1. The molecule has 1 amide bonds. The predicted molar refractivity (Wildman–Crippen MR) is 83.7 cm³/mol. The smallest absolute Gasteiger partial charge is 0.242 e. The van der Waals surface area contributed by atoms with Crippen molar-refractivity contribution in [2.24, 2.45) is 11.7 Å². The van der Waals surface area contributed by atoms with E-state index in [1.54, 1.807) is 5.01 Å². The molecule has 0 spiro atoms. The summed E-state index contributed by atoms with van der Waals surface area (Å²) in [5, 5.41) is 3.74. The van der Waals surface area contributed by atoms with Gasteiger partial charge in [-0.05, 0) is 43.6 Å². The van der Waals surface area contributed by atoms with Crippen LogP contribution in [0.1, 0.15) is 24.4 Å². The Morgan fingerprint density at radius 2 is 1.95 bits per heavy atom. The van der Waals surface area contributed by atoms with E-state index in [9.17, 15) is 4.79 Å². The fourth-order valence-electron chi connectivity index (χ4n) is 3.48. The molecule has 5 heteroatoms. The molecule has 0 saturated carbocycles. The molecule has 2 atom stereocenters. The van der Waals surface area contributed by atoms with Crippen LogP contribution in [0.25, 0.3) is 0 Å². The number of benzene rings is 1. The molecule has 2 fully saturated rings. The minimum Gasteiger partial charge on any atom is -0.330 e. The molecular formula is C16H24N4O. The van der Waals surface area contributed by atoms with E-state index in [2.05, 4.69) is 36.2 Å². The number of amides is 1. The van der Waals surface area contributed by atoms with Crippen LogP contribution in [0.3, 0.4) is 0 Å². The molecule has 1 aromatic carbocycles. The van der Waals surface area contributed by atoms with Crippen LogP contribution >= 0.6 is 0 Å². The van der Waals surface area contributed by atoms with Gasteiger partial charge in [0.1, 0.15) is 0 Å². The van der Waals surface area contributed by atoms with E-state index in [1.807, 2.05) is 12.1 Å². The van der Waals surface area contributed by atoms with Crippen LogP contribution in [0.15, 0.2) is 24.3 Å². The Morgan fingerprint density at radius 1 is 1.24 bits per heavy atom. The van der Waals surface area contributed by atoms with Gasteiger partial charge < -0.3 is 5.73 Å². The molecule has 1 aromatic rings.